The van der Waals surface area contributed by atoms with Crippen molar-refractivity contribution in [1.82, 2.24) is 4.90 Å². The Morgan fingerprint density at radius 1 is 1.29 bits per heavy atom. The van der Waals surface area contributed by atoms with Crippen molar-refractivity contribution in [1.29, 1.82) is 0 Å². The Labute approximate surface area is 116 Å². The summed E-state index contributed by atoms with van der Waals surface area (Å²) in [5.41, 5.74) is -0.747. The van der Waals surface area contributed by atoms with Gasteiger partial charge in [-0.1, -0.05) is 0 Å². The minimum Gasteiger partial charge on any atom is -0.480 e. The summed E-state index contributed by atoms with van der Waals surface area (Å²) in [5.74, 6) is -5.38. The first-order valence-electron chi connectivity index (χ1n) is 5.92. The van der Waals surface area contributed by atoms with Crippen molar-refractivity contribution in [2.75, 3.05) is 11.9 Å². The standard InChI is InChI=1S/C12H11F3N2O4/c13-5-1-7(14)10(15)8(2-5)16-12(21)17-4-6(18)3-9(17)11(19)20/h1-2,6,9,18H,3-4H2,(H,16,21)(H,19,20)/t6-,9-/m1/s1. The summed E-state index contributed by atoms with van der Waals surface area (Å²) in [4.78, 5) is 23.6. The highest BCUT2D eigenvalue weighted by atomic mass is 19.2. The van der Waals surface area contributed by atoms with Crippen molar-refractivity contribution in [2.45, 2.75) is 18.6 Å². The number of β-amino-alcohol motifs (C(OH)–C–C–N with tert-alkyl or cyclic N) is 1. The smallest absolute Gasteiger partial charge is 0.326 e. The number of carboxylic acid groups (broad SMARTS) is 1. The monoisotopic (exact) mass is 304 g/mol. The summed E-state index contributed by atoms with van der Waals surface area (Å²) in [5, 5.41) is 20.2. The van der Waals surface area contributed by atoms with E-state index in [1.54, 1.807) is 0 Å². The van der Waals surface area contributed by atoms with E-state index in [2.05, 4.69) is 0 Å². The van der Waals surface area contributed by atoms with Gasteiger partial charge < -0.3 is 20.4 Å². The Balaban J connectivity index is 2.20. The second-order valence-electron chi connectivity index (χ2n) is 4.58. The van der Waals surface area contributed by atoms with Crippen molar-refractivity contribution in [3.63, 3.8) is 0 Å². The molecule has 6 nitrogen and oxygen atoms in total. The second kappa shape index (κ2) is 5.60. The van der Waals surface area contributed by atoms with Gasteiger partial charge in [0.2, 0.25) is 0 Å². The lowest BCUT2D eigenvalue weighted by Crippen LogP contribution is -2.43. The van der Waals surface area contributed by atoms with Gasteiger partial charge in [0.05, 0.1) is 11.8 Å². The molecule has 1 heterocycles. The number of carbonyl (C=O) groups excluding carboxylic acids is 1. The minimum atomic E-state index is -1.48. The fraction of sp³-hybridized carbons (Fsp3) is 0.333. The number of aliphatic hydroxyl groups is 1. The molecule has 2 amide bonds. The lowest BCUT2D eigenvalue weighted by molar-refractivity contribution is -0.141. The molecule has 0 unspecified atom stereocenters. The van der Waals surface area contributed by atoms with Crippen LogP contribution in [0.25, 0.3) is 0 Å². The number of hydrogen-bond acceptors (Lipinski definition) is 3. The summed E-state index contributed by atoms with van der Waals surface area (Å²) < 4.78 is 39.4. The lowest BCUT2D eigenvalue weighted by Gasteiger charge is -2.21. The van der Waals surface area contributed by atoms with Gasteiger partial charge in [-0.05, 0) is 0 Å². The molecule has 1 aromatic carbocycles. The van der Waals surface area contributed by atoms with Gasteiger partial charge in [-0.15, -0.1) is 0 Å². The Kier molecular flexibility index (Phi) is 4.03. The maximum Gasteiger partial charge on any atom is 0.326 e. The number of carbonyl (C=O) groups is 2. The van der Waals surface area contributed by atoms with Crippen molar-refractivity contribution in [3.05, 3.63) is 29.6 Å². The van der Waals surface area contributed by atoms with Crippen LogP contribution in [0.2, 0.25) is 0 Å². The van der Waals surface area contributed by atoms with Gasteiger partial charge in [0.15, 0.2) is 11.6 Å². The molecule has 114 valence electrons. The predicted octanol–water partition coefficient (Wildman–Crippen LogP) is 1.16. The molecule has 0 saturated carbocycles. The van der Waals surface area contributed by atoms with Gasteiger partial charge in [-0.2, -0.15) is 0 Å². The SMILES string of the molecule is O=C(O)[C@H]1C[C@@H](O)CN1C(=O)Nc1cc(F)cc(F)c1F. The number of anilines is 1. The molecule has 0 aromatic heterocycles. The average Bonchev–Trinajstić information content (AvgIpc) is 2.77. The normalized spacial score (nSPS) is 21.4. The molecular weight excluding hydrogens is 293 g/mol. The molecule has 0 bridgehead atoms. The Hall–Kier alpha value is -2.29. The Morgan fingerprint density at radius 2 is 1.95 bits per heavy atom. The van der Waals surface area contributed by atoms with Crippen LogP contribution in [0.1, 0.15) is 6.42 Å². The Morgan fingerprint density at radius 3 is 2.57 bits per heavy atom. The van der Waals surface area contributed by atoms with Crippen molar-refractivity contribution in [2.24, 2.45) is 0 Å². The van der Waals surface area contributed by atoms with E-state index in [0.717, 1.165) is 4.90 Å². The van der Waals surface area contributed by atoms with Crippen LogP contribution in [0, 0.1) is 17.5 Å². The van der Waals surface area contributed by atoms with Gasteiger partial charge in [-0.3, -0.25) is 0 Å². The fourth-order valence-corrected chi connectivity index (χ4v) is 2.11. The number of carboxylic acids is 1. The molecule has 0 spiro atoms. The molecule has 9 heteroatoms. The average molecular weight is 304 g/mol. The number of rotatable bonds is 2. The zero-order valence-corrected chi connectivity index (χ0v) is 10.5. The van der Waals surface area contributed by atoms with Crippen LogP contribution < -0.4 is 5.32 Å². The van der Waals surface area contributed by atoms with E-state index in [9.17, 15) is 27.9 Å². The number of nitrogens with one attached hydrogen (secondary N) is 1. The number of urea groups is 1. The van der Waals surface area contributed by atoms with Gasteiger partial charge in [0.25, 0.3) is 0 Å². The van der Waals surface area contributed by atoms with Crippen molar-refractivity contribution < 1.29 is 33.0 Å². The number of aliphatic carboxylic acids is 1. The van der Waals surface area contributed by atoms with Crippen LogP contribution in [0.3, 0.4) is 0 Å². The molecule has 21 heavy (non-hydrogen) atoms. The molecule has 1 aliphatic rings. The highest BCUT2D eigenvalue weighted by Crippen LogP contribution is 2.23. The number of likely N-dealkylation sites (tertiary alicyclic amines) is 1. The van der Waals surface area contributed by atoms with Crippen LogP contribution in [-0.4, -0.2) is 45.8 Å². The highest BCUT2D eigenvalue weighted by molar-refractivity contribution is 5.93. The summed E-state index contributed by atoms with van der Waals surface area (Å²) in [6, 6.07) is -1.48. The molecule has 1 saturated heterocycles. The van der Waals surface area contributed by atoms with E-state index < -0.39 is 47.3 Å². The first kappa shape index (κ1) is 15.1. The molecule has 0 aliphatic carbocycles. The fourth-order valence-electron chi connectivity index (χ4n) is 2.11. The Bertz CT molecular complexity index is 596. The first-order chi connectivity index (χ1) is 9.79. The topological polar surface area (TPSA) is 89.9 Å². The molecule has 0 radical (unpaired) electrons. The third kappa shape index (κ3) is 3.07. The minimum absolute atomic E-state index is 0.178. The summed E-state index contributed by atoms with van der Waals surface area (Å²) in [7, 11) is 0. The predicted molar refractivity (Wildman–Crippen MR) is 64.1 cm³/mol. The second-order valence-corrected chi connectivity index (χ2v) is 4.58. The van der Waals surface area contributed by atoms with Gasteiger partial charge in [-0.25, -0.2) is 22.8 Å². The number of hydrogen-bond donors (Lipinski definition) is 3. The first-order valence-corrected chi connectivity index (χ1v) is 5.92. The molecule has 2 rings (SSSR count). The third-order valence-corrected chi connectivity index (χ3v) is 3.06. The largest absolute Gasteiger partial charge is 0.480 e. The maximum absolute atomic E-state index is 13.4. The van der Waals surface area contributed by atoms with Crippen LogP contribution in [0.5, 0.6) is 0 Å². The number of nitrogens with zero attached hydrogens (tertiary/aromatic N) is 1. The van der Waals surface area contributed by atoms with Crippen molar-refractivity contribution in [3.8, 4) is 0 Å². The molecule has 1 fully saturated rings. The molecule has 1 aliphatic heterocycles. The quantitative estimate of drug-likeness (QED) is 0.715. The van der Waals surface area contributed by atoms with E-state index >= 15 is 0 Å². The number of benzene rings is 1. The third-order valence-electron chi connectivity index (χ3n) is 3.06. The maximum atomic E-state index is 13.4. The summed E-state index contributed by atoms with van der Waals surface area (Å²) in [6.45, 7) is -0.276. The summed E-state index contributed by atoms with van der Waals surface area (Å²) >= 11 is 0. The molecule has 2 atom stereocenters. The van der Waals surface area contributed by atoms with Crippen LogP contribution in [0.15, 0.2) is 12.1 Å². The van der Waals surface area contributed by atoms with Gasteiger partial charge in [0.1, 0.15) is 11.9 Å². The lowest BCUT2D eigenvalue weighted by atomic mass is 10.2. The van der Waals surface area contributed by atoms with E-state index in [1.165, 1.54) is 0 Å². The number of aliphatic hydroxyl groups excluding tert-OH is 1. The van der Waals surface area contributed by atoms with Crippen LogP contribution in [0.4, 0.5) is 23.7 Å². The van der Waals surface area contributed by atoms with Crippen molar-refractivity contribution >= 4 is 17.7 Å². The molecule has 1 aromatic rings. The van der Waals surface area contributed by atoms with E-state index in [0.29, 0.717) is 12.1 Å². The van der Waals surface area contributed by atoms with E-state index in [1.807, 2.05) is 5.32 Å². The van der Waals surface area contributed by atoms with Gasteiger partial charge >= 0.3 is 12.0 Å². The van der Waals surface area contributed by atoms with Crippen LogP contribution in [-0.2, 0) is 4.79 Å². The zero-order chi connectivity index (χ0) is 15.7. The number of halogens is 3. The molecular formula is C12H11F3N2O4. The van der Waals surface area contributed by atoms with E-state index in [4.69, 9.17) is 5.11 Å². The zero-order valence-electron chi connectivity index (χ0n) is 10.5. The highest BCUT2D eigenvalue weighted by Gasteiger charge is 2.39. The number of amides is 2. The van der Waals surface area contributed by atoms with Gasteiger partial charge in [0, 0.05) is 25.1 Å². The summed E-state index contributed by atoms with van der Waals surface area (Å²) in [6.07, 6.45) is -1.21. The van der Waals surface area contributed by atoms with E-state index in [-0.39, 0.29) is 13.0 Å². The van der Waals surface area contributed by atoms with Crippen LogP contribution >= 0.6 is 0 Å². The molecule has 3 N–H and O–H groups in total.